The van der Waals surface area contributed by atoms with Crippen molar-refractivity contribution in [2.45, 2.75) is 19.6 Å². The minimum atomic E-state index is -1.11. The van der Waals surface area contributed by atoms with Crippen molar-refractivity contribution >= 4 is 27.5 Å². The zero-order valence-electron chi connectivity index (χ0n) is 8.50. The number of rotatable bonds is 3. The van der Waals surface area contributed by atoms with E-state index in [1.807, 2.05) is 0 Å². The molecule has 0 radical (unpaired) electrons. The summed E-state index contributed by atoms with van der Waals surface area (Å²) in [5, 5.41) is 0. The molecule has 0 aliphatic rings. The molecule has 0 bridgehead atoms. The second-order valence-corrected chi connectivity index (χ2v) is 12.5. The third-order valence-electron chi connectivity index (χ3n) is 1.82. The van der Waals surface area contributed by atoms with Crippen molar-refractivity contribution in [2.75, 3.05) is 0 Å². The molecule has 0 atom stereocenters. The van der Waals surface area contributed by atoms with Gasteiger partial charge in [0.15, 0.2) is 0 Å². The van der Waals surface area contributed by atoms with Gasteiger partial charge >= 0.3 is 88.1 Å². The van der Waals surface area contributed by atoms with Crippen LogP contribution in [-0.2, 0) is 0 Å². The van der Waals surface area contributed by atoms with E-state index in [1.54, 1.807) is 0 Å². The fraction of sp³-hybridized carbons (Fsp3) is 0.273. The average molecular weight is 255 g/mol. The molecule has 1 aromatic rings. The molecule has 13 heavy (non-hydrogen) atoms. The van der Waals surface area contributed by atoms with E-state index in [1.165, 1.54) is 8.56 Å². The summed E-state index contributed by atoms with van der Waals surface area (Å²) in [6, 6.07) is 10.7. The van der Waals surface area contributed by atoms with Gasteiger partial charge in [0, 0.05) is 0 Å². The molecule has 1 aromatic carbocycles. The number of hydrogen-bond donors (Lipinski definition) is 0. The summed E-state index contributed by atoms with van der Waals surface area (Å²) in [6.07, 6.45) is 0. The van der Waals surface area contributed by atoms with Gasteiger partial charge in [0.25, 0.3) is 0 Å². The predicted octanol–water partition coefficient (Wildman–Crippen LogP) is 2.41. The summed E-state index contributed by atoms with van der Waals surface area (Å²) in [6.45, 7) is 11.3. The Bertz CT molecular complexity index is 285. The predicted molar refractivity (Wildman–Crippen MR) is 64.3 cm³/mol. The molecule has 1 rings (SSSR count). The second-order valence-electron chi connectivity index (χ2n) is 4.09. The molecule has 0 spiro atoms. The molecule has 0 saturated heterocycles. The first-order valence-electron chi connectivity index (χ1n) is 4.42. The van der Waals surface area contributed by atoms with Crippen LogP contribution in [0.25, 0.3) is 0 Å². The Hall–Kier alpha value is -0.304. The van der Waals surface area contributed by atoms with Gasteiger partial charge in [-0.3, -0.25) is 0 Å². The van der Waals surface area contributed by atoms with E-state index >= 15 is 0 Å². The molecule has 0 amide bonds. The maximum atomic E-state index is 4.21. The Morgan fingerprint density at radius 2 is 1.69 bits per heavy atom. The van der Waals surface area contributed by atoms with Crippen molar-refractivity contribution in [3.63, 3.8) is 0 Å². The molecule has 0 aliphatic heterocycles. The Balaban J connectivity index is 2.66. The molecule has 0 nitrogen and oxygen atoms in total. The van der Waals surface area contributed by atoms with E-state index < -0.39 is 8.07 Å². The first kappa shape index (κ1) is 10.8. The molecule has 70 valence electrons. The van der Waals surface area contributed by atoms with E-state index in [-0.39, 0.29) is 0 Å². The van der Waals surface area contributed by atoms with Crippen molar-refractivity contribution in [3.8, 4) is 0 Å². The van der Waals surface area contributed by atoms with Crippen LogP contribution in [0.4, 0.5) is 0 Å². The fourth-order valence-electron chi connectivity index (χ4n) is 0.784. The van der Waals surface area contributed by atoms with Crippen LogP contribution in [0.2, 0.25) is 19.6 Å². The van der Waals surface area contributed by atoms with Crippen LogP contribution in [0.1, 0.15) is 0 Å². The van der Waals surface area contributed by atoms with Crippen molar-refractivity contribution in [1.82, 2.24) is 0 Å². The summed E-state index contributed by atoms with van der Waals surface area (Å²) in [4.78, 5) is 0. The van der Waals surface area contributed by atoms with Crippen molar-refractivity contribution in [1.29, 1.82) is 0 Å². The third kappa shape index (κ3) is 3.51. The summed E-state index contributed by atoms with van der Waals surface area (Å²) >= 11 is 0.478. The molecule has 0 aromatic heterocycles. The van der Waals surface area contributed by atoms with Crippen molar-refractivity contribution < 1.29 is 0 Å². The molecule has 0 N–H and O–H groups in total. The van der Waals surface area contributed by atoms with Crippen LogP contribution in [0, 0.1) is 0 Å². The number of hydrogen-bond acceptors (Lipinski definition) is 0. The van der Waals surface area contributed by atoms with Gasteiger partial charge in [0.05, 0.1) is 0 Å². The molecule has 0 fully saturated rings. The third-order valence-corrected chi connectivity index (χ3v) is 9.46. The standard InChI is InChI=1S/C11H16SeSi/c1-10(13(2,3)4)12-11-8-6-5-7-9-11/h5-9H,1H2,2-4H3. The van der Waals surface area contributed by atoms with E-state index in [0.29, 0.717) is 15.0 Å². The van der Waals surface area contributed by atoms with Gasteiger partial charge in [-0.25, -0.2) is 0 Å². The summed E-state index contributed by atoms with van der Waals surface area (Å²) < 4.78 is 2.94. The van der Waals surface area contributed by atoms with E-state index in [0.717, 1.165) is 0 Å². The van der Waals surface area contributed by atoms with Crippen molar-refractivity contribution in [3.05, 3.63) is 41.0 Å². The Morgan fingerprint density at radius 3 is 2.15 bits per heavy atom. The molecule has 0 aliphatic carbocycles. The maximum absolute atomic E-state index is 4.21. The van der Waals surface area contributed by atoms with Crippen molar-refractivity contribution in [2.24, 2.45) is 0 Å². The Labute approximate surface area is 88.2 Å². The SMILES string of the molecule is C=C([Se]c1ccccc1)[Si](C)(C)C. The number of benzene rings is 1. The van der Waals surface area contributed by atoms with E-state index in [2.05, 4.69) is 56.6 Å². The fourth-order valence-corrected chi connectivity index (χ4v) is 4.84. The van der Waals surface area contributed by atoms with Crippen LogP contribution < -0.4 is 4.46 Å². The zero-order valence-corrected chi connectivity index (χ0v) is 11.2. The van der Waals surface area contributed by atoms with Crippen LogP contribution in [0.5, 0.6) is 0 Å². The van der Waals surface area contributed by atoms with E-state index in [9.17, 15) is 0 Å². The van der Waals surface area contributed by atoms with Crippen LogP contribution in [0.3, 0.4) is 0 Å². The van der Waals surface area contributed by atoms with Gasteiger partial charge in [0.2, 0.25) is 0 Å². The Morgan fingerprint density at radius 1 is 1.15 bits per heavy atom. The molecule has 0 heterocycles. The van der Waals surface area contributed by atoms with Gasteiger partial charge < -0.3 is 0 Å². The molecule has 0 unspecified atom stereocenters. The molecular formula is C11H16SeSi. The molecule has 0 saturated carbocycles. The first-order chi connectivity index (χ1) is 6.00. The van der Waals surface area contributed by atoms with Gasteiger partial charge in [-0.05, 0) is 0 Å². The van der Waals surface area contributed by atoms with Crippen LogP contribution in [-0.4, -0.2) is 23.0 Å². The van der Waals surface area contributed by atoms with Gasteiger partial charge in [-0.15, -0.1) is 0 Å². The summed E-state index contributed by atoms with van der Waals surface area (Å²) in [5.74, 6) is 0. The zero-order chi connectivity index (χ0) is 9.90. The average Bonchev–Trinajstić information content (AvgIpc) is 2.04. The first-order valence-corrected chi connectivity index (χ1v) is 9.64. The van der Waals surface area contributed by atoms with E-state index in [4.69, 9.17) is 0 Å². The normalized spacial score (nSPS) is 11.3. The van der Waals surface area contributed by atoms with Crippen LogP contribution in [0.15, 0.2) is 41.0 Å². The van der Waals surface area contributed by atoms with Gasteiger partial charge in [-0.1, -0.05) is 0 Å². The second kappa shape index (κ2) is 4.27. The van der Waals surface area contributed by atoms with Gasteiger partial charge in [0.1, 0.15) is 0 Å². The minimum absolute atomic E-state index is 0.478. The van der Waals surface area contributed by atoms with Gasteiger partial charge in [-0.2, -0.15) is 0 Å². The molecular weight excluding hydrogens is 239 g/mol. The topological polar surface area (TPSA) is 0 Å². The summed E-state index contributed by atoms with van der Waals surface area (Å²) in [5.41, 5.74) is 0. The van der Waals surface area contributed by atoms with Crippen LogP contribution >= 0.6 is 0 Å². The molecule has 2 heteroatoms. The monoisotopic (exact) mass is 256 g/mol. The quantitative estimate of drug-likeness (QED) is 0.728. The summed E-state index contributed by atoms with van der Waals surface area (Å²) in [7, 11) is -1.11. The Kier molecular flexibility index (Phi) is 3.54.